The van der Waals surface area contributed by atoms with Crippen LogP contribution in [-0.2, 0) is 19.1 Å². The van der Waals surface area contributed by atoms with Crippen molar-refractivity contribution in [2.75, 3.05) is 7.11 Å². The Morgan fingerprint density at radius 2 is 1.84 bits per heavy atom. The second-order valence-corrected chi connectivity index (χ2v) is 11.8. The average Bonchev–Trinajstić information content (AvgIpc) is 3.08. The van der Waals surface area contributed by atoms with Crippen molar-refractivity contribution < 1.29 is 19.1 Å². The highest BCUT2D eigenvalue weighted by Crippen LogP contribution is 2.67. The van der Waals surface area contributed by atoms with Crippen LogP contribution in [0.25, 0.3) is 0 Å². The molecule has 174 valence electrons. The molecule has 4 nitrogen and oxygen atoms in total. The Morgan fingerprint density at radius 1 is 1.10 bits per heavy atom. The minimum atomic E-state index is -0.157. The third-order valence-corrected chi connectivity index (χ3v) is 10.6. The molecule has 0 N–H and O–H groups in total. The first kappa shape index (κ1) is 23.0. The molecule has 0 saturated heterocycles. The Hall–Kier alpha value is -1.19. The van der Waals surface area contributed by atoms with Crippen molar-refractivity contribution in [3.05, 3.63) is 0 Å². The van der Waals surface area contributed by atoms with Gasteiger partial charge in [-0.25, -0.2) is 0 Å². The highest BCUT2D eigenvalue weighted by Gasteiger charge is 2.67. The normalized spacial score (nSPS) is 45.5. The molecule has 0 aromatic heterocycles. The van der Waals surface area contributed by atoms with Gasteiger partial charge in [0.05, 0.1) is 7.11 Å². The summed E-state index contributed by atoms with van der Waals surface area (Å²) in [6.45, 7) is 9.05. The summed E-state index contributed by atoms with van der Waals surface area (Å²) in [4.78, 5) is 39.5. The van der Waals surface area contributed by atoms with Crippen LogP contribution in [-0.4, -0.2) is 24.6 Å². The van der Waals surface area contributed by atoms with Gasteiger partial charge in [0, 0.05) is 30.6 Å². The highest BCUT2D eigenvalue weighted by molar-refractivity contribution is 5.95. The number of Topliss-reactive ketones (excluding diaryl/α,β-unsaturated/α-hetero) is 2. The van der Waals surface area contributed by atoms with Crippen molar-refractivity contribution in [2.24, 2.45) is 52.3 Å². The summed E-state index contributed by atoms with van der Waals surface area (Å²) in [6, 6.07) is 0. The van der Waals surface area contributed by atoms with Crippen molar-refractivity contribution in [3.8, 4) is 0 Å². The Balaban J connectivity index is 1.65. The van der Waals surface area contributed by atoms with Gasteiger partial charge in [-0.2, -0.15) is 0 Å². The molecule has 0 aliphatic heterocycles. The van der Waals surface area contributed by atoms with Crippen molar-refractivity contribution in [2.45, 2.75) is 91.9 Å². The molecule has 0 spiro atoms. The molecule has 0 amide bonds. The van der Waals surface area contributed by atoms with E-state index in [4.69, 9.17) is 4.74 Å². The van der Waals surface area contributed by atoms with Crippen LogP contribution in [0.2, 0.25) is 0 Å². The summed E-state index contributed by atoms with van der Waals surface area (Å²) in [6.07, 6.45) is 9.53. The van der Waals surface area contributed by atoms with Gasteiger partial charge in [-0.05, 0) is 73.0 Å². The summed E-state index contributed by atoms with van der Waals surface area (Å²) in [5.41, 5.74) is -0.107. The Bertz CT molecular complexity index is 744. The number of hydrogen-bond donors (Lipinski definition) is 0. The van der Waals surface area contributed by atoms with E-state index in [1.54, 1.807) is 0 Å². The number of carbonyl (C=O) groups excluding carboxylic acids is 3. The number of ether oxygens (including phenoxy) is 1. The monoisotopic (exact) mass is 430 g/mol. The lowest BCUT2D eigenvalue weighted by Crippen LogP contribution is -2.62. The van der Waals surface area contributed by atoms with Gasteiger partial charge in [-0.3, -0.25) is 14.4 Å². The molecule has 4 rings (SSSR count). The van der Waals surface area contributed by atoms with E-state index in [1.165, 1.54) is 20.0 Å². The van der Waals surface area contributed by atoms with Crippen molar-refractivity contribution in [3.63, 3.8) is 0 Å². The fourth-order valence-electron chi connectivity index (χ4n) is 9.15. The summed E-state index contributed by atoms with van der Waals surface area (Å²) in [5.74, 6) is 2.11. The summed E-state index contributed by atoms with van der Waals surface area (Å²) >= 11 is 0. The molecule has 0 heterocycles. The quantitative estimate of drug-likeness (QED) is 0.531. The van der Waals surface area contributed by atoms with Crippen LogP contribution in [0.4, 0.5) is 0 Å². The largest absolute Gasteiger partial charge is 0.469 e. The standard InChI is InChI=1S/C27H42O4/c1-6-17-19-9-7-8-14-26(19,3)24-21(28)15-27(4)18(16(2)10-13-22(29)31-5)11-12-20(27)23(24)25(17)30/h16-20,23-24H,6-15H2,1-5H3/t16-,17-,18?,19+,20?,23?,24?,26+,27-/m1/s1. The first-order valence-electron chi connectivity index (χ1n) is 12.8. The third-order valence-electron chi connectivity index (χ3n) is 10.6. The first-order valence-corrected chi connectivity index (χ1v) is 12.8. The third kappa shape index (κ3) is 3.42. The van der Waals surface area contributed by atoms with Gasteiger partial charge >= 0.3 is 5.97 Å². The second kappa shape index (κ2) is 8.30. The summed E-state index contributed by atoms with van der Waals surface area (Å²) in [5, 5.41) is 0. The van der Waals surface area contributed by atoms with Crippen LogP contribution in [0.15, 0.2) is 0 Å². The second-order valence-electron chi connectivity index (χ2n) is 11.8. The van der Waals surface area contributed by atoms with Crippen LogP contribution in [0.1, 0.15) is 91.9 Å². The number of ketones is 2. The van der Waals surface area contributed by atoms with Gasteiger partial charge < -0.3 is 4.74 Å². The van der Waals surface area contributed by atoms with Gasteiger partial charge in [-0.1, -0.05) is 40.5 Å². The lowest BCUT2D eigenvalue weighted by Gasteiger charge is -2.61. The zero-order valence-corrected chi connectivity index (χ0v) is 20.2. The van der Waals surface area contributed by atoms with Gasteiger partial charge in [0.1, 0.15) is 11.6 Å². The minimum Gasteiger partial charge on any atom is -0.469 e. The number of esters is 1. The minimum absolute atomic E-state index is 0.00447. The molecule has 31 heavy (non-hydrogen) atoms. The SMILES string of the molecule is CC[C@H]1C(=O)C2C3CCC([C@H](C)CCC(=O)OC)[C@@]3(C)CC(=O)C2[C@@]2(C)CCCC[C@@H]12. The Morgan fingerprint density at radius 3 is 2.52 bits per heavy atom. The predicted molar refractivity (Wildman–Crippen MR) is 120 cm³/mol. The van der Waals surface area contributed by atoms with E-state index >= 15 is 0 Å². The van der Waals surface area contributed by atoms with Crippen molar-refractivity contribution >= 4 is 17.5 Å². The van der Waals surface area contributed by atoms with E-state index < -0.39 is 0 Å². The molecule has 0 aromatic rings. The molecule has 4 saturated carbocycles. The lowest BCUT2D eigenvalue weighted by atomic mass is 9.41. The predicted octanol–water partition coefficient (Wildman–Crippen LogP) is 5.62. The van der Waals surface area contributed by atoms with Crippen LogP contribution in [0.3, 0.4) is 0 Å². The first-order chi connectivity index (χ1) is 14.7. The smallest absolute Gasteiger partial charge is 0.305 e. The molecule has 0 radical (unpaired) electrons. The lowest BCUT2D eigenvalue weighted by molar-refractivity contribution is -0.175. The van der Waals surface area contributed by atoms with E-state index in [-0.39, 0.29) is 34.6 Å². The number of methoxy groups -OCH3 is 1. The van der Waals surface area contributed by atoms with E-state index in [1.807, 2.05) is 0 Å². The maximum atomic E-state index is 13.9. The van der Waals surface area contributed by atoms with E-state index in [0.29, 0.717) is 48.1 Å². The zero-order valence-electron chi connectivity index (χ0n) is 20.2. The van der Waals surface area contributed by atoms with Gasteiger partial charge in [0.25, 0.3) is 0 Å². The average molecular weight is 431 g/mol. The number of fused-ring (bicyclic) bond motifs is 5. The molecule has 4 fully saturated rings. The topological polar surface area (TPSA) is 60.4 Å². The Kier molecular flexibility index (Phi) is 6.15. The zero-order chi connectivity index (χ0) is 22.6. The molecular weight excluding hydrogens is 388 g/mol. The Labute approximate surface area is 188 Å². The van der Waals surface area contributed by atoms with Crippen LogP contribution in [0, 0.1) is 52.3 Å². The number of hydrogen-bond acceptors (Lipinski definition) is 4. The molecule has 4 aliphatic carbocycles. The van der Waals surface area contributed by atoms with E-state index in [0.717, 1.165) is 38.5 Å². The van der Waals surface area contributed by atoms with Gasteiger partial charge in [0.2, 0.25) is 0 Å². The van der Waals surface area contributed by atoms with E-state index in [2.05, 4.69) is 27.7 Å². The molecule has 0 bridgehead atoms. The highest BCUT2D eigenvalue weighted by atomic mass is 16.5. The van der Waals surface area contributed by atoms with E-state index in [9.17, 15) is 14.4 Å². The number of carbonyl (C=O) groups is 3. The van der Waals surface area contributed by atoms with Crippen LogP contribution < -0.4 is 0 Å². The molecule has 4 heteroatoms. The fraction of sp³-hybridized carbons (Fsp3) is 0.889. The maximum absolute atomic E-state index is 13.9. The van der Waals surface area contributed by atoms with Gasteiger partial charge in [0.15, 0.2) is 0 Å². The molecular formula is C27H42O4. The maximum Gasteiger partial charge on any atom is 0.305 e. The van der Waals surface area contributed by atoms with Crippen molar-refractivity contribution in [1.29, 1.82) is 0 Å². The summed E-state index contributed by atoms with van der Waals surface area (Å²) in [7, 11) is 1.44. The molecule has 4 aliphatic rings. The number of rotatable bonds is 5. The van der Waals surface area contributed by atoms with Crippen molar-refractivity contribution in [1.82, 2.24) is 0 Å². The van der Waals surface area contributed by atoms with Gasteiger partial charge in [-0.15, -0.1) is 0 Å². The molecule has 9 atom stereocenters. The molecule has 4 unspecified atom stereocenters. The van der Waals surface area contributed by atoms with Crippen LogP contribution >= 0.6 is 0 Å². The fourth-order valence-corrected chi connectivity index (χ4v) is 9.15. The molecule has 0 aromatic carbocycles. The summed E-state index contributed by atoms with van der Waals surface area (Å²) < 4.78 is 4.84. The van der Waals surface area contributed by atoms with Crippen LogP contribution in [0.5, 0.6) is 0 Å².